The van der Waals surface area contributed by atoms with Gasteiger partial charge in [-0.3, -0.25) is 9.99 Å². The highest BCUT2D eigenvalue weighted by Gasteiger charge is 2.26. The monoisotopic (exact) mass is 269 g/mol. The third-order valence-electron chi connectivity index (χ3n) is 2.52. The van der Waals surface area contributed by atoms with Crippen LogP contribution in [0.1, 0.15) is 18.1 Å². The summed E-state index contributed by atoms with van der Waals surface area (Å²) >= 11 is 3.34. The third-order valence-corrected chi connectivity index (χ3v) is 2.96. The lowest BCUT2D eigenvalue weighted by Crippen LogP contribution is -2.29. The summed E-state index contributed by atoms with van der Waals surface area (Å²) in [7, 11) is 1.86. The van der Waals surface area contributed by atoms with E-state index in [1.807, 2.05) is 19.3 Å². The summed E-state index contributed by atoms with van der Waals surface area (Å²) < 4.78 is 0.876. The number of aliphatic hydroxyl groups is 1. The minimum Gasteiger partial charge on any atom is -0.386 e. The van der Waals surface area contributed by atoms with Crippen LogP contribution in [0.5, 0.6) is 0 Å². The number of aliphatic hydroxyl groups excluding tert-OH is 1. The van der Waals surface area contributed by atoms with Crippen molar-refractivity contribution in [2.24, 2.45) is 5.10 Å². The van der Waals surface area contributed by atoms with Gasteiger partial charge in [-0.1, -0.05) is 0 Å². The third kappa shape index (κ3) is 2.18. The first-order valence-electron chi connectivity index (χ1n) is 4.72. The Kier molecular flexibility index (Phi) is 3.02. The molecule has 15 heavy (non-hydrogen) atoms. The van der Waals surface area contributed by atoms with Crippen LogP contribution in [0.2, 0.25) is 0 Å². The number of hydrogen-bond donors (Lipinski definition) is 1. The van der Waals surface area contributed by atoms with E-state index < -0.39 is 6.10 Å². The molecule has 0 bridgehead atoms. The number of halogens is 1. The maximum absolute atomic E-state index is 10.1. The first-order valence-corrected chi connectivity index (χ1v) is 5.51. The fraction of sp³-hybridized carbons (Fsp3) is 0.400. The summed E-state index contributed by atoms with van der Waals surface area (Å²) in [6.07, 6.45) is 5.42. The fourth-order valence-electron chi connectivity index (χ4n) is 1.67. The zero-order valence-corrected chi connectivity index (χ0v) is 9.92. The molecule has 1 aromatic rings. The van der Waals surface area contributed by atoms with Gasteiger partial charge in [-0.2, -0.15) is 5.10 Å². The molecule has 0 fully saturated rings. The van der Waals surface area contributed by atoms with Crippen LogP contribution < -0.4 is 0 Å². The van der Waals surface area contributed by atoms with E-state index in [1.165, 1.54) is 0 Å². The van der Waals surface area contributed by atoms with Crippen molar-refractivity contribution in [3.8, 4) is 0 Å². The number of likely N-dealkylation sites (N-methyl/N-ethyl adjacent to an activating group) is 1. The quantitative estimate of drug-likeness (QED) is 0.887. The van der Waals surface area contributed by atoms with E-state index >= 15 is 0 Å². The molecule has 2 rings (SSSR count). The highest BCUT2D eigenvalue weighted by atomic mass is 79.9. The summed E-state index contributed by atoms with van der Waals surface area (Å²) in [5, 5.41) is 16.0. The van der Waals surface area contributed by atoms with E-state index in [0.717, 1.165) is 16.5 Å². The molecule has 1 aromatic heterocycles. The smallest absolute Gasteiger partial charge is 0.103 e. The standard InChI is InChI=1S/C10H12BrN3O/c1-14-9(2-3-13-14)10(15)7-4-8(11)6-12-5-7/h3-6,9-10,15H,2H2,1H3. The highest BCUT2D eigenvalue weighted by molar-refractivity contribution is 9.10. The van der Waals surface area contributed by atoms with Crippen LogP contribution in [0.3, 0.4) is 0 Å². The van der Waals surface area contributed by atoms with E-state index in [0.29, 0.717) is 0 Å². The SMILES string of the molecule is CN1N=CCC1C(O)c1cncc(Br)c1. The predicted octanol–water partition coefficient (Wildman–Crippen LogP) is 1.57. The van der Waals surface area contributed by atoms with Crippen molar-refractivity contribution in [3.63, 3.8) is 0 Å². The summed E-state index contributed by atoms with van der Waals surface area (Å²) in [5.74, 6) is 0. The summed E-state index contributed by atoms with van der Waals surface area (Å²) in [4.78, 5) is 4.04. The van der Waals surface area contributed by atoms with Crippen molar-refractivity contribution in [1.82, 2.24) is 9.99 Å². The Balaban J connectivity index is 2.17. The van der Waals surface area contributed by atoms with E-state index in [-0.39, 0.29) is 6.04 Å². The van der Waals surface area contributed by atoms with Crippen molar-refractivity contribution in [1.29, 1.82) is 0 Å². The molecule has 80 valence electrons. The normalized spacial score (nSPS) is 22.1. The second-order valence-corrected chi connectivity index (χ2v) is 4.47. The van der Waals surface area contributed by atoms with Crippen molar-refractivity contribution in [2.45, 2.75) is 18.6 Å². The molecule has 2 atom stereocenters. The molecule has 0 aliphatic carbocycles. The molecule has 1 aliphatic rings. The van der Waals surface area contributed by atoms with Gasteiger partial charge in [-0.25, -0.2) is 0 Å². The highest BCUT2D eigenvalue weighted by Crippen LogP contribution is 2.26. The Bertz CT molecular complexity index is 383. The maximum Gasteiger partial charge on any atom is 0.103 e. The molecule has 0 amide bonds. The van der Waals surface area contributed by atoms with Crippen LogP contribution in [-0.2, 0) is 0 Å². The molecule has 0 spiro atoms. The molecule has 5 heteroatoms. The molecule has 0 saturated heterocycles. The van der Waals surface area contributed by atoms with Crippen LogP contribution in [0.25, 0.3) is 0 Å². The Morgan fingerprint density at radius 1 is 1.60 bits per heavy atom. The van der Waals surface area contributed by atoms with E-state index in [9.17, 15) is 5.11 Å². The minimum atomic E-state index is -0.553. The topological polar surface area (TPSA) is 48.7 Å². The Morgan fingerprint density at radius 2 is 2.40 bits per heavy atom. The molecule has 4 nitrogen and oxygen atoms in total. The molecular formula is C10H12BrN3O. The molecule has 2 unspecified atom stereocenters. The fourth-order valence-corrected chi connectivity index (χ4v) is 2.05. The lowest BCUT2D eigenvalue weighted by atomic mass is 10.0. The Hall–Kier alpha value is -0.940. The Labute approximate surface area is 96.8 Å². The van der Waals surface area contributed by atoms with Gasteiger partial charge in [0.1, 0.15) is 6.10 Å². The predicted molar refractivity (Wildman–Crippen MR) is 61.6 cm³/mol. The van der Waals surface area contributed by atoms with Gasteiger partial charge in [0, 0.05) is 42.1 Å². The molecule has 2 heterocycles. The molecule has 0 radical (unpaired) electrons. The lowest BCUT2D eigenvalue weighted by molar-refractivity contribution is 0.0774. The van der Waals surface area contributed by atoms with E-state index in [2.05, 4.69) is 26.0 Å². The van der Waals surface area contributed by atoms with E-state index in [4.69, 9.17) is 0 Å². The number of nitrogens with zero attached hydrogens (tertiary/aromatic N) is 3. The summed E-state index contributed by atoms with van der Waals surface area (Å²) in [6, 6.07) is 1.89. The van der Waals surface area contributed by atoms with E-state index in [1.54, 1.807) is 17.4 Å². The van der Waals surface area contributed by atoms with Gasteiger partial charge in [0.15, 0.2) is 0 Å². The van der Waals surface area contributed by atoms with Crippen molar-refractivity contribution in [3.05, 3.63) is 28.5 Å². The van der Waals surface area contributed by atoms with Crippen molar-refractivity contribution < 1.29 is 5.11 Å². The van der Waals surface area contributed by atoms with Crippen LogP contribution in [0.15, 0.2) is 28.0 Å². The van der Waals surface area contributed by atoms with Gasteiger partial charge in [0.05, 0.1) is 6.04 Å². The number of hydrogen-bond acceptors (Lipinski definition) is 4. The molecular weight excluding hydrogens is 258 g/mol. The average Bonchev–Trinajstić information content (AvgIpc) is 2.63. The van der Waals surface area contributed by atoms with Gasteiger partial charge in [-0.05, 0) is 22.0 Å². The van der Waals surface area contributed by atoms with Crippen molar-refractivity contribution >= 4 is 22.1 Å². The Morgan fingerprint density at radius 3 is 3.00 bits per heavy atom. The summed E-state index contributed by atoms with van der Waals surface area (Å²) in [6.45, 7) is 0. The molecule has 0 aromatic carbocycles. The van der Waals surface area contributed by atoms with Gasteiger partial charge in [0.2, 0.25) is 0 Å². The first-order chi connectivity index (χ1) is 7.18. The first kappa shape index (κ1) is 10.6. The van der Waals surface area contributed by atoms with Crippen LogP contribution in [0, 0.1) is 0 Å². The second-order valence-electron chi connectivity index (χ2n) is 3.56. The minimum absolute atomic E-state index is 0.0149. The van der Waals surface area contributed by atoms with Gasteiger partial charge < -0.3 is 5.11 Å². The van der Waals surface area contributed by atoms with Crippen LogP contribution in [0.4, 0.5) is 0 Å². The lowest BCUT2D eigenvalue weighted by Gasteiger charge is -2.24. The largest absolute Gasteiger partial charge is 0.386 e. The molecule has 0 saturated carbocycles. The van der Waals surface area contributed by atoms with Crippen LogP contribution >= 0.6 is 15.9 Å². The molecule has 1 aliphatic heterocycles. The zero-order chi connectivity index (χ0) is 10.8. The molecule has 1 N–H and O–H groups in total. The number of pyridine rings is 1. The number of rotatable bonds is 2. The van der Waals surface area contributed by atoms with Gasteiger partial charge in [0.25, 0.3) is 0 Å². The maximum atomic E-state index is 10.1. The average molecular weight is 270 g/mol. The van der Waals surface area contributed by atoms with Gasteiger partial charge in [-0.15, -0.1) is 0 Å². The van der Waals surface area contributed by atoms with Crippen LogP contribution in [-0.4, -0.2) is 34.4 Å². The van der Waals surface area contributed by atoms with Gasteiger partial charge >= 0.3 is 0 Å². The number of aromatic nitrogens is 1. The second kappa shape index (κ2) is 4.28. The van der Waals surface area contributed by atoms with Crippen molar-refractivity contribution in [2.75, 3.05) is 7.05 Å². The zero-order valence-electron chi connectivity index (χ0n) is 8.34. The summed E-state index contributed by atoms with van der Waals surface area (Å²) in [5.41, 5.74) is 0.812. The number of hydrazone groups is 1.